The maximum absolute atomic E-state index is 13.6. The van der Waals surface area contributed by atoms with Gasteiger partial charge in [-0.25, -0.2) is 4.39 Å². The first-order chi connectivity index (χ1) is 18.9. The molecule has 3 aromatic carbocycles. The van der Waals surface area contributed by atoms with Gasteiger partial charge in [0, 0.05) is 35.6 Å². The number of carbonyl (C=O) groups is 2. The molecule has 1 aromatic heterocycles. The van der Waals surface area contributed by atoms with E-state index in [0.29, 0.717) is 23.2 Å². The van der Waals surface area contributed by atoms with Crippen molar-refractivity contribution < 1.29 is 18.9 Å². The zero-order chi connectivity index (χ0) is 27.4. The Hall–Kier alpha value is -4.58. The fraction of sp³-hybridized carbons (Fsp3) is 0.185. The van der Waals surface area contributed by atoms with Crippen molar-refractivity contribution in [2.75, 3.05) is 17.2 Å². The molecule has 2 heterocycles. The molecule has 0 spiro atoms. The van der Waals surface area contributed by atoms with Gasteiger partial charge in [0.15, 0.2) is 11.0 Å². The Labute approximate surface area is 227 Å². The summed E-state index contributed by atoms with van der Waals surface area (Å²) < 4.78 is 15.3. The van der Waals surface area contributed by atoms with Gasteiger partial charge in [-0.3, -0.25) is 24.3 Å². The lowest BCUT2D eigenvalue weighted by atomic mass is 10.0. The fourth-order valence-corrected chi connectivity index (χ4v) is 5.20. The van der Waals surface area contributed by atoms with Crippen LogP contribution in [0.25, 0.3) is 5.69 Å². The molecule has 0 aliphatic carbocycles. The maximum atomic E-state index is 13.6. The van der Waals surface area contributed by atoms with Crippen LogP contribution in [-0.2, 0) is 17.8 Å². The topological polar surface area (TPSA) is 123 Å². The number of thioether (sulfide) groups is 1. The van der Waals surface area contributed by atoms with E-state index < -0.39 is 16.6 Å². The molecule has 0 saturated heterocycles. The summed E-state index contributed by atoms with van der Waals surface area (Å²) in [5.41, 5.74) is 2.76. The highest BCUT2D eigenvalue weighted by Crippen LogP contribution is 2.29. The largest absolute Gasteiger partial charge is 0.345 e. The molecule has 39 heavy (non-hydrogen) atoms. The first kappa shape index (κ1) is 26.0. The summed E-state index contributed by atoms with van der Waals surface area (Å²) in [4.78, 5) is 37.9. The molecule has 4 aromatic rings. The Morgan fingerprint density at radius 3 is 2.51 bits per heavy atom. The Kier molecular flexibility index (Phi) is 7.64. The van der Waals surface area contributed by atoms with Crippen molar-refractivity contribution in [3.05, 3.63) is 106 Å². The van der Waals surface area contributed by atoms with Gasteiger partial charge in [0.1, 0.15) is 5.82 Å². The molecular weight excluding hydrogens is 523 g/mol. The number of aromatic nitrogens is 3. The molecule has 0 atom stereocenters. The van der Waals surface area contributed by atoms with Crippen LogP contribution in [0.5, 0.6) is 0 Å². The van der Waals surface area contributed by atoms with Crippen molar-refractivity contribution in [3.8, 4) is 5.69 Å². The number of nitro groups is 1. The van der Waals surface area contributed by atoms with Crippen molar-refractivity contribution >= 4 is 35.0 Å². The second-order valence-corrected chi connectivity index (χ2v) is 9.71. The number of hydrogen-bond donors (Lipinski definition) is 1. The smallest absolute Gasteiger partial charge is 0.269 e. The molecule has 1 aliphatic rings. The molecule has 0 fully saturated rings. The van der Waals surface area contributed by atoms with E-state index in [2.05, 4.69) is 15.5 Å². The first-order valence-electron chi connectivity index (χ1n) is 12.1. The third-order valence-electron chi connectivity index (χ3n) is 6.27. The number of halogens is 1. The monoisotopic (exact) mass is 546 g/mol. The van der Waals surface area contributed by atoms with Crippen molar-refractivity contribution in [1.29, 1.82) is 0 Å². The van der Waals surface area contributed by atoms with Gasteiger partial charge in [-0.1, -0.05) is 30.0 Å². The van der Waals surface area contributed by atoms with Crippen molar-refractivity contribution in [2.24, 2.45) is 0 Å². The lowest BCUT2D eigenvalue weighted by Gasteiger charge is -2.29. The lowest BCUT2D eigenvalue weighted by Crippen LogP contribution is -2.36. The molecule has 1 aliphatic heterocycles. The number of rotatable bonds is 8. The number of anilines is 1. The second-order valence-electron chi connectivity index (χ2n) is 8.76. The number of nitrogens with one attached hydrogen (secondary N) is 1. The van der Waals surface area contributed by atoms with Gasteiger partial charge >= 0.3 is 0 Å². The lowest BCUT2D eigenvalue weighted by molar-refractivity contribution is -0.384. The number of benzene rings is 3. The van der Waals surface area contributed by atoms with E-state index in [9.17, 15) is 24.1 Å². The van der Waals surface area contributed by atoms with Gasteiger partial charge in [0.2, 0.25) is 5.91 Å². The van der Waals surface area contributed by atoms with Crippen LogP contribution < -0.4 is 10.2 Å². The molecule has 198 valence electrons. The molecule has 2 amide bonds. The highest BCUT2D eigenvalue weighted by molar-refractivity contribution is 7.99. The van der Waals surface area contributed by atoms with Crippen LogP contribution in [0.15, 0.2) is 78.0 Å². The quantitative estimate of drug-likeness (QED) is 0.198. The normalized spacial score (nSPS) is 12.6. The van der Waals surface area contributed by atoms with Gasteiger partial charge in [0.25, 0.3) is 11.6 Å². The predicted molar refractivity (Wildman–Crippen MR) is 143 cm³/mol. The Bertz CT molecular complexity index is 1520. The minimum atomic E-state index is -0.541. The second kappa shape index (κ2) is 11.4. The summed E-state index contributed by atoms with van der Waals surface area (Å²) in [6.07, 6.45) is 1.82. The summed E-state index contributed by atoms with van der Waals surface area (Å²) in [6.45, 7) is 0.620. The third-order valence-corrected chi connectivity index (χ3v) is 7.18. The van der Waals surface area contributed by atoms with Crippen molar-refractivity contribution in [2.45, 2.75) is 24.5 Å². The van der Waals surface area contributed by atoms with E-state index in [1.165, 1.54) is 48.2 Å². The van der Waals surface area contributed by atoms with Gasteiger partial charge in [-0.2, -0.15) is 0 Å². The molecular formula is C27H23FN6O4S. The Balaban J connectivity index is 1.33. The van der Waals surface area contributed by atoms with E-state index >= 15 is 0 Å². The van der Waals surface area contributed by atoms with Crippen LogP contribution in [0.4, 0.5) is 15.8 Å². The minimum Gasteiger partial charge on any atom is -0.345 e. The molecule has 0 radical (unpaired) electrons. The molecule has 0 unspecified atom stereocenters. The molecule has 12 heteroatoms. The molecule has 5 rings (SSSR count). The Morgan fingerprint density at radius 2 is 1.77 bits per heavy atom. The summed E-state index contributed by atoms with van der Waals surface area (Å²) in [7, 11) is 0. The summed E-state index contributed by atoms with van der Waals surface area (Å²) in [5, 5.41) is 22.5. The predicted octanol–water partition coefficient (Wildman–Crippen LogP) is 4.32. The van der Waals surface area contributed by atoms with Gasteiger partial charge < -0.3 is 10.2 Å². The number of hydrogen-bond acceptors (Lipinski definition) is 7. The third kappa shape index (κ3) is 5.80. The zero-order valence-electron chi connectivity index (χ0n) is 20.6. The highest BCUT2D eigenvalue weighted by atomic mass is 32.2. The van der Waals surface area contributed by atoms with E-state index in [0.717, 1.165) is 24.1 Å². The number of aryl methyl sites for hydroxylation is 1. The number of nitrogens with zero attached hydrogens (tertiary/aromatic N) is 5. The summed E-state index contributed by atoms with van der Waals surface area (Å²) >= 11 is 1.21. The summed E-state index contributed by atoms with van der Waals surface area (Å²) in [6, 6.07) is 18.8. The van der Waals surface area contributed by atoms with E-state index in [4.69, 9.17) is 0 Å². The van der Waals surface area contributed by atoms with E-state index in [1.807, 2.05) is 24.3 Å². The summed E-state index contributed by atoms with van der Waals surface area (Å²) in [5.74, 6) is -0.438. The molecule has 1 N–H and O–H groups in total. The first-order valence-corrected chi connectivity index (χ1v) is 13.1. The Morgan fingerprint density at radius 1 is 1.03 bits per heavy atom. The average Bonchev–Trinajstić information content (AvgIpc) is 3.37. The number of para-hydroxylation sites is 1. The van der Waals surface area contributed by atoms with E-state index in [-0.39, 0.29) is 29.5 Å². The van der Waals surface area contributed by atoms with Gasteiger partial charge in [0.05, 0.1) is 17.2 Å². The SMILES string of the molecule is O=C(NCc1nnc(SCC(=O)N2CCCc3ccccc32)n1-c1ccc(F)cc1)c1ccc([N+](=O)[O-])cc1. The average molecular weight is 547 g/mol. The molecule has 0 saturated carbocycles. The standard InChI is InChI=1S/C27H23FN6O4S/c28-20-9-13-21(14-10-20)33-24(16-29-26(36)19-7-11-22(12-8-19)34(37)38)30-31-27(33)39-17-25(35)32-15-3-5-18-4-1-2-6-23(18)32/h1-2,4,6-14H,3,5,15-17H2,(H,29,36). The van der Waals surface area contributed by atoms with Gasteiger partial charge in [-0.05, 0) is 60.9 Å². The molecule has 0 bridgehead atoms. The zero-order valence-corrected chi connectivity index (χ0v) is 21.4. The number of carbonyl (C=O) groups excluding carboxylic acids is 2. The maximum Gasteiger partial charge on any atom is 0.269 e. The number of non-ortho nitro benzene ring substituents is 1. The van der Waals surface area contributed by atoms with Crippen LogP contribution in [0, 0.1) is 15.9 Å². The van der Waals surface area contributed by atoms with Gasteiger partial charge in [-0.15, -0.1) is 10.2 Å². The number of nitro benzene ring substituents is 1. The van der Waals surface area contributed by atoms with Crippen molar-refractivity contribution in [1.82, 2.24) is 20.1 Å². The van der Waals surface area contributed by atoms with Crippen molar-refractivity contribution in [3.63, 3.8) is 0 Å². The molecule has 10 nitrogen and oxygen atoms in total. The van der Waals surface area contributed by atoms with Crippen LogP contribution in [-0.4, -0.2) is 43.8 Å². The van der Waals surface area contributed by atoms with Crippen LogP contribution >= 0.6 is 11.8 Å². The van der Waals surface area contributed by atoms with E-state index in [1.54, 1.807) is 21.6 Å². The fourth-order valence-electron chi connectivity index (χ4n) is 4.35. The highest BCUT2D eigenvalue weighted by Gasteiger charge is 2.24. The minimum absolute atomic E-state index is 0.0196. The number of amides is 2. The van der Waals surface area contributed by atoms with Crippen LogP contribution in [0.2, 0.25) is 0 Å². The van der Waals surface area contributed by atoms with Crippen LogP contribution in [0.1, 0.15) is 28.2 Å². The number of fused-ring (bicyclic) bond motifs is 1. The van der Waals surface area contributed by atoms with Crippen LogP contribution in [0.3, 0.4) is 0 Å².